The van der Waals surface area contributed by atoms with Crippen LogP contribution in [0.4, 0.5) is 0 Å². The van der Waals surface area contributed by atoms with E-state index in [4.69, 9.17) is 0 Å². The first-order valence-electron chi connectivity index (χ1n) is 2.16. The van der Waals surface area contributed by atoms with Crippen molar-refractivity contribution in [1.82, 2.24) is 0 Å². The van der Waals surface area contributed by atoms with E-state index in [9.17, 15) is 0 Å². The summed E-state index contributed by atoms with van der Waals surface area (Å²) < 4.78 is 0. The summed E-state index contributed by atoms with van der Waals surface area (Å²) in [6, 6.07) is 0. The molecule has 0 radical (unpaired) electrons. The van der Waals surface area contributed by atoms with E-state index in [1.165, 1.54) is 12.8 Å². The normalized spacial score (nSPS) is 33.5. The van der Waals surface area contributed by atoms with E-state index >= 15 is 0 Å². The molecule has 0 aliphatic heterocycles. The minimum atomic E-state index is 0. The van der Waals surface area contributed by atoms with E-state index in [-0.39, 0.29) is 18.9 Å². The molecule has 0 heterocycles. The SMILES string of the molecule is CC12C[C-]1C2.[Li+]. The summed E-state index contributed by atoms with van der Waals surface area (Å²) in [5.41, 5.74) is 0.833. The van der Waals surface area contributed by atoms with Crippen LogP contribution in [0.25, 0.3) is 0 Å². The molecule has 0 N–H and O–H groups in total. The molecule has 2 aliphatic rings. The van der Waals surface area contributed by atoms with Gasteiger partial charge in [0.2, 0.25) is 0 Å². The molecule has 0 saturated heterocycles. The molecule has 2 rings (SSSR count). The van der Waals surface area contributed by atoms with Crippen molar-refractivity contribution in [3.8, 4) is 0 Å². The Morgan fingerprint density at radius 3 is 1.67 bits per heavy atom. The summed E-state index contributed by atoms with van der Waals surface area (Å²) in [5.74, 6) is 1.82. The molecule has 0 spiro atoms. The third kappa shape index (κ3) is 0.375. The summed E-state index contributed by atoms with van der Waals surface area (Å²) in [7, 11) is 0. The fourth-order valence-corrected chi connectivity index (χ4v) is 0.802. The predicted octanol–water partition coefficient (Wildman–Crippen LogP) is -1.62. The first-order chi connectivity index (χ1) is 2.31. The molecule has 2 fully saturated rings. The largest absolute Gasteiger partial charge is 1.00 e. The number of hydrogen-bond donors (Lipinski definition) is 0. The molecular formula is C5H7Li. The zero-order valence-electron chi connectivity index (χ0n) is 4.41. The van der Waals surface area contributed by atoms with Gasteiger partial charge in [-0.3, -0.25) is 0 Å². The van der Waals surface area contributed by atoms with Crippen LogP contribution in [0.5, 0.6) is 0 Å². The molecule has 0 unspecified atom stereocenters. The molecular weight excluding hydrogens is 67.0 g/mol. The summed E-state index contributed by atoms with van der Waals surface area (Å²) in [6.45, 7) is 2.34. The Balaban J connectivity index is 0.000000180. The van der Waals surface area contributed by atoms with Crippen LogP contribution in [0.1, 0.15) is 19.8 Å². The Hall–Kier alpha value is 0.597. The molecule has 0 aromatic carbocycles. The fourth-order valence-electron chi connectivity index (χ4n) is 0.802. The van der Waals surface area contributed by atoms with Gasteiger partial charge in [0.15, 0.2) is 0 Å². The minimum Gasteiger partial charge on any atom is -0.317 e. The third-order valence-corrected chi connectivity index (χ3v) is 1.81. The minimum absolute atomic E-state index is 0. The molecule has 0 aromatic heterocycles. The number of hydrogen-bond acceptors (Lipinski definition) is 0. The van der Waals surface area contributed by atoms with Gasteiger partial charge in [0.1, 0.15) is 0 Å². The van der Waals surface area contributed by atoms with Crippen LogP contribution in [0.3, 0.4) is 0 Å². The molecule has 1 heteroatoms. The molecule has 0 nitrogen and oxygen atoms in total. The maximum Gasteiger partial charge on any atom is 1.00 e. The van der Waals surface area contributed by atoms with E-state index in [1.54, 1.807) is 0 Å². The zero-order chi connectivity index (χ0) is 3.49. The van der Waals surface area contributed by atoms with Crippen LogP contribution in [0.15, 0.2) is 0 Å². The zero-order valence-corrected chi connectivity index (χ0v) is 4.41. The van der Waals surface area contributed by atoms with Crippen molar-refractivity contribution in [2.45, 2.75) is 19.8 Å². The molecule has 2 aliphatic carbocycles. The van der Waals surface area contributed by atoms with E-state index in [2.05, 4.69) is 6.92 Å². The Kier molecular flexibility index (Phi) is 0.696. The van der Waals surface area contributed by atoms with E-state index in [1.807, 2.05) is 5.92 Å². The smallest absolute Gasteiger partial charge is 0.317 e. The van der Waals surface area contributed by atoms with Gasteiger partial charge in [-0.1, -0.05) is 6.92 Å². The van der Waals surface area contributed by atoms with E-state index in [0.717, 1.165) is 5.41 Å². The Morgan fingerprint density at radius 2 is 1.67 bits per heavy atom. The van der Waals surface area contributed by atoms with Gasteiger partial charge < -0.3 is 5.92 Å². The molecule has 6 heavy (non-hydrogen) atoms. The fraction of sp³-hybridized carbons (Fsp3) is 0.800. The summed E-state index contributed by atoms with van der Waals surface area (Å²) >= 11 is 0. The van der Waals surface area contributed by atoms with Gasteiger partial charge in [0, 0.05) is 0 Å². The van der Waals surface area contributed by atoms with E-state index < -0.39 is 0 Å². The Bertz CT molecular complexity index is 72.0. The van der Waals surface area contributed by atoms with Crippen LogP contribution < -0.4 is 18.9 Å². The average Bonchev–Trinajstić information content (AvgIpc) is 1.74. The van der Waals surface area contributed by atoms with E-state index in [0.29, 0.717) is 0 Å². The van der Waals surface area contributed by atoms with Gasteiger partial charge in [-0.25, -0.2) is 18.3 Å². The molecule has 0 amide bonds. The van der Waals surface area contributed by atoms with Gasteiger partial charge in [-0.05, 0) is 0 Å². The molecule has 2 saturated carbocycles. The van der Waals surface area contributed by atoms with Gasteiger partial charge in [0.05, 0.1) is 0 Å². The van der Waals surface area contributed by atoms with Crippen LogP contribution in [-0.2, 0) is 0 Å². The molecule has 0 bridgehead atoms. The van der Waals surface area contributed by atoms with Crippen LogP contribution in [0, 0.1) is 11.3 Å². The van der Waals surface area contributed by atoms with Crippen molar-refractivity contribution in [3.05, 3.63) is 5.92 Å². The first-order valence-corrected chi connectivity index (χ1v) is 2.16. The standard InChI is InChI=1S/C5H7.Li/c1-5-2-4(5)3-5;/h2-3H2,1H3;/q-1;+1. The average molecular weight is 74.1 g/mol. The van der Waals surface area contributed by atoms with Gasteiger partial charge in [0.25, 0.3) is 0 Å². The monoisotopic (exact) mass is 74.1 g/mol. The summed E-state index contributed by atoms with van der Waals surface area (Å²) in [6.07, 6.45) is 2.93. The van der Waals surface area contributed by atoms with Crippen molar-refractivity contribution in [2.24, 2.45) is 5.41 Å². The Labute approximate surface area is 50.5 Å². The topological polar surface area (TPSA) is 0 Å². The molecule has 0 atom stereocenters. The van der Waals surface area contributed by atoms with Crippen LogP contribution in [-0.4, -0.2) is 0 Å². The second-order valence-corrected chi connectivity index (χ2v) is 2.52. The van der Waals surface area contributed by atoms with Crippen molar-refractivity contribution in [1.29, 1.82) is 0 Å². The maximum absolute atomic E-state index is 2.34. The quantitative estimate of drug-likeness (QED) is 0.239. The van der Waals surface area contributed by atoms with Crippen molar-refractivity contribution >= 4 is 0 Å². The third-order valence-electron chi connectivity index (χ3n) is 1.81. The number of fused-ring (bicyclic) bond motifs is 1. The Morgan fingerprint density at radius 1 is 1.50 bits per heavy atom. The maximum atomic E-state index is 2.34. The summed E-state index contributed by atoms with van der Waals surface area (Å²) in [4.78, 5) is 0. The molecule has 0 aromatic rings. The second kappa shape index (κ2) is 0.880. The predicted molar refractivity (Wildman–Crippen MR) is 20.6 cm³/mol. The molecule has 28 valence electrons. The van der Waals surface area contributed by atoms with Gasteiger partial charge in [-0.2, -0.15) is 0 Å². The van der Waals surface area contributed by atoms with Crippen molar-refractivity contribution < 1.29 is 18.9 Å². The van der Waals surface area contributed by atoms with Gasteiger partial charge in [-0.15, -0.1) is 0 Å². The van der Waals surface area contributed by atoms with Crippen LogP contribution >= 0.6 is 0 Å². The van der Waals surface area contributed by atoms with Gasteiger partial charge >= 0.3 is 18.9 Å². The van der Waals surface area contributed by atoms with Crippen LogP contribution in [0.2, 0.25) is 0 Å². The van der Waals surface area contributed by atoms with Crippen molar-refractivity contribution in [3.63, 3.8) is 0 Å². The first kappa shape index (κ1) is 4.75. The summed E-state index contributed by atoms with van der Waals surface area (Å²) in [5, 5.41) is 0. The van der Waals surface area contributed by atoms with Crippen molar-refractivity contribution in [2.75, 3.05) is 0 Å². The number of rotatable bonds is 0. The second-order valence-electron chi connectivity index (χ2n) is 2.52.